The highest BCUT2D eigenvalue weighted by molar-refractivity contribution is 7.99. The normalized spacial score (nSPS) is 11.1. The fourth-order valence-corrected chi connectivity index (χ4v) is 4.19. The Kier molecular flexibility index (Phi) is 6.92. The van der Waals surface area contributed by atoms with Gasteiger partial charge in [-0.15, -0.1) is 0 Å². The Morgan fingerprint density at radius 1 is 1.12 bits per heavy atom. The number of fused-ring (bicyclic) bond motifs is 1. The average molecular weight is 468 g/mol. The van der Waals surface area contributed by atoms with Crippen LogP contribution >= 0.6 is 23.4 Å². The maximum absolute atomic E-state index is 13.2. The summed E-state index contributed by atoms with van der Waals surface area (Å²) in [5.41, 5.74) is 2.46. The molecule has 1 N–H and O–H groups in total. The first-order chi connectivity index (χ1) is 15.5. The summed E-state index contributed by atoms with van der Waals surface area (Å²) in [5.74, 6) is -0.0704. The Bertz CT molecular complexity index is 1290. The van der Waals surface area contributed by atoms with Crippen molar-refractivity contribution in [1.29, 1.82) is 0 Å². The molecule has 164 valence electrons. The number of hydrogen-bond acceptors (Lipinski definition) is 5. The molecule has 2 aromatic carbocycles. The van der Waals surface area contributed by atoms with Gasteiger partial charge in [-0.3, -0.25) is 18.8 Å². The molecule has 0 radical (unpaired) electrons. The predicted molar refractivity (Wildman–Crippen MR) is 128 cm³/mol. The van der Waals surface area contributed by atoms with Crippen LogP contribution in [0.2, 0.25) is 5.02 Å². The summed E-state index contributed by atoms with van der Waals surface area (Å²) in [6.45, 7) is 3.05. The lowest BCUT2D eigenvalue weighted by Crippen LogP contribution is -2.25. The number of nitrogens with one attached hydrogen (secondary N) is 1. The van der Waals surface area contributed by atoms with Gasteiger partial charge in [0.2, 0.25) is 5.91 Å². The van der Waals surface area contributed by atoms with Gasteiger partial charge in [-0.1, -0.05) is 53.7 Å². The first kappa shape index (κ1) is 22.1. The van der Waals surface area contributed by atoms with Gasteiger partial charge in [-0.2, -0.15) is 5.10 Å². The van der Waals surface area contributed by atoms with Crippen LogP contribution in [0.15, 0.2) is 70.7 Å². The van der Waals surface area contributed by atoms with Gasteiger partial charge in [0.05, 0.1) is 11.9 Å². The largest absolute Gasteiger partial charge is 0.325 e. The number of halogens is 1. The van der Waals surface area contributed by atoms with E-state index in [4.69, 9.17) is 11.6 Å². The quantitative estimate of drug-likeness (QED) is 0.309. The molecule has 0 bridgehead atoms. The molecule has 2 aromatic heterocycles. The Balaban J connectivity index is 1.57. The number of carbonyl (C=O) groups is 1. The summed E-state index contributed by atoms with van der Waals surface area (Å²) in [6, 6.07) is 16.9. The Morgan fingerprint density at radius 3 is 2.59 bits per heavy atom. The van der Waals surface area contributed by atoms with Gasteiger partial charge in [0.25, 0.3) is 5.56 Å². The van der Waals surface area contributed by atoms with E-state index in [2.05, 4.69) is 15.4 Å². The summed E-state index contributed by atoms with van der Waals surface area (Å²) >= 11 is 7.13. The molecule has 0 aliphatic rings. The van der Waals surface area contributed by atoms with Crippen LogP contribution in [0, 0.1) is 0 Å². The third kappa shape index (κ3) is 5.20. The maximum atomic E-state index is 13.2. The number of hydrogen-bond donors (Lipinski definition) is 1. The first-order valence-electron chi connectivity index (χ1n) is 10.2. The number of rotatable bonds is 8. The third-order valence-corrected chi connectivity index (χ3v) is 6.12. The molecule has 0 aliphatic heterocycles. The molecule has 2 heterocycles. The molecule has 7 nitrogen and oxygen atoms in total. The van der Waals surface area contributed by atoms with Crippen LogP contribution in [0.5, 0.6) is 0 Å². The van der Waals surface area contributed by atoms with Gasteiger partial charge >= 0.3 is 0 Å². The summed E-state index contributed by atoms with van der Waals surface area (Å²) < 4.78 is 3.31. The number of aromatic nitrogens is 4. The van der Waals surface area contributed by atoms with Crippen LogP contribution in [0.1, 0.15) is 12.5 Å². The van der Waals surface area contributed by atoms with Crippen molar-refractivity contribution >= 4 is 46.0 Å². The first-order valence-corrected chi connectivity index (χ1v) is 11.6. The number of anilines is 1. The molecule has 0 atom stereocenters. The van der Waals surface area contributed by atoms with Crippen LogP contribution in [-0.2, 0) is 24.3 Å². The number of carbonyl (C=O) groups excluding carboxylic acids is 1. The van der Waals surface area contributed by atoms with Gasteiger partial charge in [-0.25, -0.2) is 4.98 Å². The smallest absolute Gasteiger partial charge is 0.282 e. The molecular weight excluding hydrogens is 446 g/mol. The average Bonchev–Trinajstić information content (AvgIpc) is 3.23. The predicted octanol–water partition coefficient (Wildman–Crippen LogP) is 4.24. The number of aryl methyl sites for hydroxylation is 2. The fourth-order valence-electron chi connectivity index (χ4n) is 3.24. The van der Waals surface area contributed by atoms with Gasteiger partial charge in [-0.05, 0) is 43.2 Å². The van der Waals surface area contributed by atoms with E-state index in [1.165, 1.54) is 11.8 Å². The lowest BCUT2D eigenvalue weighted by atomic mass is 10.1. The zero-order valence-corrected chi connectivity index (χ0v) is 19.1. The molecule has 4 rings (SSSR count). The molecule has 4 aromatic rings. The van der Waals surface area contributed by atoms with E-state index < -0.39 is 0 Å². The van der Waals surface area contributed by atoms with E-state index >= 15 is 0 Å². The van der Waals surface area contributed by atoms with Gasteiger partial charge < -0.3 is 5.32 Å². The SMILES string of the molecule is CCn1cc2nc(SCC(=O)Nc3ccc(Cl)cc3)n(CCc3ccccc3)c(=O)c2n1. The molecular formula is C23H22ClN5O2S. The van der Waals surface area contributed by atoms with E-state index in [0.29, 0.717) is 46.4 Å². The topological polar surface area (TPSA) is 81.8 Å². The monoisotopic (exact) mass is 467 g/mol. The van der Waals surface area contributed by atoms with Crippen molar-refractivity contribution in [2.75, 3.05) is 11.1 Å². The molecule has 9 heteroatoms. The van der Waals surface area contributed by atoms with Crippen molar-refractivity contribution in [1.82, 2.24) is 19.3 Å². The Hall–Kier alpha value is -3.10. The van der Waals surface area contributed by atoms with Crippen molar-refractivity contribution in [3.05, 3.63) is 81.7 Å². The number of amides is 1. The van der Waals surface area contributed by atoms with E-state index in [1.54, 1.807) is 39.7 Å². The Labute approximate surface area is 194 Å². The fraction of sp³-hybridized carbons (Fsp3) is 0.217. The molecule has 32 heavy (non-hydrogen) atoms. The Morgan fingerprint density at radius 2 is 1.88 bits per heavy atom. The molecule has 0 saturated carbocycles. The van der Waals surface area contributed by atoms with Crippen molar-refractivity contribution in [2.24, 2.45) is 0 Å². The zero-order chi connectivity index (χ0) is 22.5. The van der Waals surface area contributed by atoms with Crippen molar-refractivity contribution in [3.8, 4) is 0 Å². The molecule has 0 aliphatic carbocycles. The lowest BCUT2D eigenvalue weighted by molar-refractivity contribution is -0.113. The number of nitrogens with zero attached hydrogens (tertiary/aromatic N) is 4. The van der Waals surface area contributed by atoms with Crippen molar-refractivity contribution in [2.45, 2.75) is 31.6 Å². The summed E-state index contributed by atoms with van der Waals surface area (Å²) in [4.78, 5) is 30.3. The minimum Gasteiger partial charge on any atom is -0.325 e. The van der Waals surface area contributed by atoms with Gasteiger partial charge in [0, 0.05) is 23.8 Å². The van der Waals surface area contributed by atoms with E-state index in [1.807, 2.05) is 37.3 Å². The highest BCUT2D eigenvalue weighted by Crippen LogP contribution is 2.19. The summed E-state index contributed by atoms with van der Waals surface area (Å²) in [7, 11) is 0. The maximum Gasteiger partial charge on any atom is 0.282 e. The second-order valence-corrected chi connectivity index (χ2v) is 8.53. The van der Waals surface area contributed by atoms with Gasteiger partial charge in [0.1, 0.15) is 5.52 Å². The summed E-state index contributed by atoms with van der Waals surface area (Å²) in [5, 5.41) is 8.30. The van der Waals surface area contributed by atoms with Crippen LogP contribution in [0.4, 0.5) is 5.69 Å². The highest BCUT2D eigenvalue weighted by atomic mass is 35.5. The third-order valence-electron chi connectivity index (χ3n) is 4.89. The number of benzene rings is 2. The lowest BCUT2D eigenvalue weighted by Gasteiger charge is -2.12. The van der Waals surface area contributed by atoms with Gasteiger partial charge in [0.15, 0.2) is 10.7 Å². The second-order valence-electron chi connectivity index (χ2n) is 7.15. The van der Waals surface area contributed by atoms with Crippen LogP contribution in [0.25, 0.3) is 11.0 Å². The minimum absolute atomic E-state index is 0.119. The molecule has 0 unspecified atom stereocenters. The molecule has 0 fully saturated rings. The van der Waals surface area contributed by atoms with E-state index in [-0.39, 0.29) is 17.2 Å². The van der Waals surface area contributed by atoms with E-state index in [9.17, 15) is 9.59 Å². The minimum atomic E-state index is -0.196. The van der Waals surface area contributed by atoms with Crippen LogP contribution in [0.3, 0.4) is 0 Å². The van der Waals surface area contributed by atoms with Crippen LogP contribution < -0.4 is 10.9 Å². The van der Waals surface area contributed by atoms with E-state index in [0.717, 1.165) is 5.56 Å². The highest BCUT2D eigenvalue weighted by Gasteiger charge is 2.16. The summed E-state index contributed by atoms with van der Waals surface area (Å²) in [6.07, 6.45) is 2.43. The van der Waals surface area contributed by atoms with Crippen LogP contribution in [-0.4, -0.2) is 31.0 Å². The molecule has 1 amide bonds. The second kappa shape index (κ2) is 10.0. The number of thioether (sulfide) groups is 1. The van der Waals surface area contributed by atoms with Crippen molar-refractivity contribution < 1.29 is 4.79 Å². The molecule has 0 saturated heterocycles. The zero-order valence-electron chi connectivity index (χ0n) is 17.5. The molecule has 0 spiro atoms. The van der Waals surface area contributed by atoms with Crippen molar-refractivity contribution in [3.63, 3.8) is 0 Å². The standard InChI is InChI=1S/C23H22ClN5O2S/c1-2-28-14-19-21(27-28)22(31)29(13-12-16-6-4-3-5-7-16)23(26-19)32-15-20(30)25-18-10-8-17(24)9-11-18/h3-11,14H,2,12-13,15H2,1H3,(H,25,30).